The van der Waals surface area contributed by atoms with Gasteiger partial charge in [-0.3, -0.25) is 9.59 Å². The Labute approximate surface area is 200 Å². The molecule has 3 aliphatic rings. The lowest BCUT2D eigenvalue weighted by Crippen LogP contribution is -2.61. The number of nitrogens with one attached hydrogen (secondary N) is 2. The van der Waals surface area contributed by atoms with Crippen LogP contribution in [0.4, 0.5) is 0 Å². The first-order chi connectivity index (χ1) is 16.4. The minimum atomic E-state index is -1.48. The van der Waals surface area contributed by atoms with Crippen molar-refractivity contribution in [3.63, 3.8) is 0 Å². The van der Waals surface area contributed by atoms with Crippen LogP contribution in [-0.4, -0.2) is 71.5 Å². The molecule has 4 N–H and O–H groups in total. The molecule has 0 unspecified atom stereocenters. The van der Waals surface area contributed by atoms with Crippen molar-refractivity contribution in [3.8, 4) is 0 Å². The summed E-state index contributed by atoms with van der Waals surface area (Å²) in [6.45, 7) is -1.30. The molecule has 0 bridgehead atoms. The van der Waals surface area contributed by atoms with E-state index in [0.29, 0.717) is 6.42 Å². The van der Waals surface area contributed by atoms with E-state index < -0.39 is 54.5 Å². The van der Waals surface area contributed by atoms with Gasteiger partial charge in [-0.1, -0.05) is 19.3 Å². The molecule has 10 heteroatoms. The van der Waals surface area contributed by atoms with Gasteiger partial charge >= 0.3 is 11.9 Å². The molecular formula is C24H38N2O8. The van der Waals surface area contributed by atoms with Crippen LogP contribution in [-0.2, 0) is 28.7 Å². The predicted octanol–water partition coefficient (Wildman–Crippen LogP) is 0.863. The molecular weight excluding hydrogens is 444 g/mol. The van der Waals surface area contributed by atoms with Crippen molar-refractivity contribution in [2.75, 3.05) is 13.2 Å². The Bertz CT molecular complexity index is 670. The number of hydrogen-bond acceptors (Lipinski definition) is 8. The molecule has 10 nitrogen and oxygen atoms in total. The van der Waals surface area contributed by atoms with Crippen LogP contribution < -0.4 is 10.6 Å². The molecule has 0 heterocycles. The Morgan fingerprint density at radius 3 is 1.35 bits per heavy atom. The fraction of sp³-hybridized carbons (Fsp3) is 0.833. The highest BCUT2D eigenvalue weighted by atomic mass is 16.6. The van der Waals surface area contributed by atoms with Crippen molar-refractivity contribution in [3.05, 3.63) is 0 Å². The average molecular weight is 483 g/mol. The Morgan fingerprint density at radius 2 is 1.06 bits per heavy atom. The predicted molar refractivity (Wildman–Crippen MR) is 120 cm³/mol. The summed E-state index contributed by atoms with van der Waals surface area (Å²) in [6, 6.07) is -2.55. The van der Waals surface area contributed by atoms with Crippen molar-refractivity contribution in [1.29, 1.82) is 0 Å². The molecule has 3 saturated carbocycles. The van der Waals surface area contributed by atoms with Gasteiger partial charge in [0.15, 0.2) is 12.1 Å². The zero-order valence-corrected chi connectivity index (χ0v) is 19.8. The summed E-state index contributed by atoms with van der Waals surface area (Å²) in [5.41, 5.74) is -1.48. The number of hydrogen-bond donors (Lipinski definition) is 4. The van der Waals surface area contributed by atoms with Gasteiger partial charge in [-0.05, 0) is 64.2 Å². The monoisotopic (exact) mass is 482 g/mol. The maximum atomic E-state index is 13.0. The van der Waals surface area contributed by atoms with Gasteiger partial charge in [0.25, 0.3) is 0 Å². The van der Waals surface area contributed by atoms with E-state index in [1.165, 1.54) is 0 Å². The summed E-state index contributed by atoms with van der Waals surface area (Å²) in [5, 5.41) is 24.3. The zero-order valence-electron chi connectivity index (χ0n) is 19.8. The first-order valence-electron chi connectivity index (χ1n) is 12.6. The van der Waals surface area contributed by atoms with Crippen LogP contribution in [0, 0.1) is 5.41 Å². The standard InChI is InChI=1S/C24H38N2O8/c27-14-18(20(29)33-16-8-3-1-4-9-16)25-22(31)24(12-7-13-24)23(32)26-19(15-28)21(30)34-17-10-5-2-6-11-17/h16-19,27-28H,1-15H2,(H,25,31)(H,26,32)/t18-,19-/m1/s1. The molecule has 3 rings (SSSR count). The van der Waals surface area contributed by atoms with Gasteiger partial charge in [-0.15, -0.1) is 0 Å². The summed E-state index contributed by atoms with van der Waals surface area (Å²) in [4.78, 5) is 51.1. The molecule has 0 radical (unpaired) electrons. The highest BCUT2D eigenvalue weighted by Gasteiger charge is 2.52. The number of rotatable bonds is 10. The van der Waals surface area contributed by atoms with E-state index in [1.807, 2.05) is 0 Å². The third-order valence-electron chi connectivity index (χ3n) is 7.29. The maximum Gasteiger partial charge on any atom is 0.331 e. The van der Waals surface area contributed by atoms with Crippen LogP contribution >= 0.6 is 0 Å². The highest BCUT2D eigenvalue weighted by molar-refractivity contribution is 6.07. The number of aliphatic hydroxyl groups is 2. The van der Waals surface area contributed by atoms with Gasteiger partial charge in [-0.25, -0.2) is 9.59 Å². The van der Waals surface area contributed by atoms with Crippen LogP contribution in [0.25, 0.3) is 0 Å². The molecule has 0 spiro atoms. The van der Waals surface area contributed by atoms with Crippen molar-refractivity contribution >= 4 is 23.8 Å². The number of carbonyl (C=O) groups excluding carboxylic acids is 4. The van der Waals surface area contributed by atoms with E-state index in [4.69, 9.17) is 9.47 Å². The van der Waals surface area contributed by atoms with E-state index in [1.54, 1.807) is 0 Å². The Balaban J connectivity index is 1.57. The number of aliphatic hydroxyl groups excluding tert-OH is 2. The number of carbonyl (C=O) groups is 4. The molecule has 3 fully saturated rings. The van der Waals surface area contributed by atoms with Gasteiger partial charge in [-0.2, -0.15) is 0 Å². The molecule has 2 atom stereocenters. The lowest BCUT2D eigenvalue weighted by atomic mass is 9.67. The second-order valence-corrected chi connectivity index (χ2v) is 9.75. The van der Waals surface area contributed by atoms with Gasteiger partial charge in [0, 0.05) is 0 Å². The molecule has 3 aliphatic carbocycles. The van der Waals surface area contributed by atoms with E-state index in [9.17, 15) is 29.4 Å². The molecule has 0 saturated heterocycles. The van der Waals surface area contributed by atoms with Crippen LogP contribution in [0.2, 0.25) is 0 Å². The van der Waals surface area contributed by atoms with Gasteiger partial charge < -0.3 is 30.3 Å². The molecule has 2 amide bonds. The average Bonchev–Trinajstić information content (AvgIpc) is 2.81. The third kappa shape index (κ3) is 6.47. The highest BCUT2D eigenvalue weighted by Crippen LogP contribution is 2.41. The summed E-state index contributed by atoms with van der Waals surface area (Å²) in [5.74, 6) is -2.84. The van der Waals surface area contributed by atoms with E-state index in [2.05, 4.69) is 10.6 Å². The number of esters is 2. The topological polar surface area (TPSA) is 151 Å². The Kier molecular flexibility index (Phi) is 9.70. The first-order valence-corrected chi connectivity index (χ1v) is 12.6. The Hall–Kier alpha value is -2.20. The molecule has 0 aromatic carbocycles. The van der Waals surface area contributed by atoms with Crippen LogP contribution in [0.3, 0.4) is 0 Å². The van der Waals surface area contributed by atoms with Gasteiger partial charge in [0.05, 0.1) is 13.2 Å². The SMILES string of the molecule is O=C(OC1CCCCC1)[C@@H](CO)NC(=O)C1(C(=O)N[C@H](CO)C(=O)OC2CCCCC2)CCC1. The number of amides is 2. The normalized spacial score (nSPS) is 22.5. The van der Waals surface area contributed by atoms with Crippen molar-refractivity contribution < 1.29 is 38.9 Å². The summed E-state index contributed by atoms with van der Waals surface area (Å²) in [6.07, 6.45) is 9.69. The largest absolute Gasteiger partial charge is 0.461 e. The second-order valence-electron chi connectivity index (χ2n) is 9.75. The first kappa shape index (κ1) is 26.4. The summed E-state index contributed by atoms with van der Waals surface area (Å²) in [7, 11) is 0. The van der Waals surface area contributed by atoms with Crippen LogP contribution in [0.1, 0.15) is 83.5 Å². The van der Waals surface area contributed by atoms with Crippen LogP contribution in [0.5, 0.6) is 0 Å². The fourth-order valence-electron chi connectivity index (χ4n) is 4.90. The zero-order chi connectivity index (χ0) is 24.6. The fourth-order valence-corrected chi connectivity index (χ4v) is 4.90. The van der Waals surface area contributed by atoms with E-state index >= 15 is 0 Å². The quantitative estimate of drug-likeness (QED) is 0.264. The minimum Gasteiger partial charge on any atom is -0.461 e. The molecule has 0 aliphatic heterocycles. The summed E-state index contributed by atoms with van der Waals surface area (Å²) < 4.78 is 10.9. The van der Waals surface area contributed by atoms with Crippen LogP contribution in [0.15, 0.2) is 0 Å². The molecule has 0 aromatic heterocycles. The third-order valence-corrected chi connectivity index (χ3v) is 7.29. The minimum absolute atomic E-state index is 0.228. The molecule has 192 valence electrons. The lowest BCUT2D eigenvalue weighted by molar-refractivity contribution is -0.161. The van der Waals surface area contributed by atoms with E-state index in [-0.39, 0.29) is 25.0 Å². The lowest BCUT2D eigenvalue weighted by Gasteiger charge is -2.40. The molecule has 0 aromatic rings. The number of ether oxygens (including phenoxy) is 2. The van der Waals surface area contributed by atoms with Gasteiger partial charge in [0.2, 0.25) is 11.8 Å². The smallest absolute Gasteiger partial charge is 0.331 e. The van der Waals surface area contributed by atoms with E-state index in [0.717, 1.165) is 64.2 Å². The van der Waals surface area contributed by atoms with Crippen molar-refractivity contribution in [2.45, 2.75) is 108 Å². The summed E-state index contributed by atoms with van der Waals surface area (Å²) >= 11 is 0. The van der Waals surface area contributed by atoms with Gasteiger partial charge in [0.1, 0.15) is 17.6 Å². The Morgan fingerprint density at radius 1 is 0.676 bits per heavy atom. The maximum absolute atomic E-state index is 13.0. The molecule has 34 heavy (non-hydrogen) atoms. The van der Waals surface area contributed by atoms with Crippen molar-refractivity contribution in [1.82, 2.24) is 10.6 Å². The second kappa shape index (κ2) is 12.5. The van der Waals surface area contributed by atoms with Crippen molar-refractivity contribution in [2.24, 2.45) is 5.41 Å².